The predicted octanol–water partition coefficient (Wildman–Crippen LogP) is 4.07. The van der Waals surface area contributed by atoms with Gasteiger partial charge >= 0.3 is 0 Å². The van der Waals surface area contributed by atoms with E-state index in [4.69, 9.17) is 0 Å². The highest BCUT2D eigenvalue weighted by Gasteiger charge is 2.28. The number of nitrogens with zero attached hydrogens (tertiary/aromatic N) is 1. The lowest BCUT2D eigenvalue weighted by molar-refractivity contribution is 0.0630. The van der Waals surface area contributed by atoms with E-state index in [2.05, 4.69) is 39.8 Å². The third-order valence-corrected chi connectivity index (χ3v) is 4.23. The van der Waals surface area contributed by atoms with E-state index < -0.39 is 0 Å². The number of rotatable bonds is 2. The third-order valence-electron chi connectivity index (χ3n) is 4.23. The van der Waals surface area contributed by atoms with E-state index in [1.54, 1.807) is 0 Å². The van der Waals surface area contributed by atoms with Crippen LogP contribution in [0.5, 0.6) is 0 Å². The molecule has 0 bridgehead atoms. The van der Waals surface area contributed by atoms with Crippen LogP contribution in [0.3, 0.4) is 0 Å². The fourth-order valence-electron chi connectivity index (χ4n) is 2.51. The largest absolute Gasteiger partial charge is 0.339 e. The van der Waals surface area contributed by atoms with Gasteiger partial charge in [-0.3, -0.25) is 4.79 Å². The molecule has 1 saturated heterocycles. The Balaban J connectivity index is 2.04. The van der Waals surface area contributed by atoms with Gasteiger partial charge in [0.25, 0.3) is 5.91 Å². The molecule has 1 heterocycles. The molecule has 0 radical (unpaired) electrons. The van der Waals surface area contributed by atoms with Gasteiger partial charge in [-0.05, 0) is 41.9 Å². The Morgan fingerprint density at radius 1 is 1.11 bits per heavy atom. The van der Waals surface area contributed by atoms with E-state index in [-0.39, 0.29) is 5.91 Å². The zero-order valence-corrected chi connectivity index (χ0v) is 12.6. The molecule has 0 spiro atoms. The number of amides is 1. The van der Waals surface area contributed by atoms with Crippen molar-refractivity contribution in [1.29, 1.82) is 0 Å². The fraction of sp³-hybridized carbons (Fsp3) is 0.588. The van der Waals surface area contributed by atoms with Crippen molar-refractivity contribution >= 4 is 5.91 Å². The number of carbonyl (C=O) groups is 1. The number of benzene rings is 1. The van der Waals surface area contributed by atoms with Crippen LogP contribution in [0.25, 0.3) is 0 Å². The van der Waals surface area contributed by atoms with Crippen LogP contribution in [0.2, 0.25) is 0 Å². The van der Waals surface area contributed by atoms with Crippen molar-refractivity contribution in [2.75, 3.05) is 13.1 Å². The van der Waals surface area contributed by atoms with Gasteiger partial charge in [0.05, 0.1) is 0 Å². The van der Waals surface area contributed by atoms with Crippen LogP contribution in [0.4, 0.5) is 0 Å². The molecule has 2 heteroatoms. The number of hydrogen-bond donors (Lipinski definition) is 0. The summed E-state index contributed by atoms with van der Waals surface area (Å²) in [4.78, 5) is 14.4. The highest BCUT2D eigenvalue weighted by molar-refractivity contribution is 5.94. The minimum atomic E-state index is 0.186. The molecule has 0 aromatic heterocycles. The van der Waals surface area contributed by atoms with Gasteiger partial charge in [0.1, 0.15) is 0 Å². The molecule has 19 heavy (non-hydrogen) atoms. The maximum absolute atomic E-state index is 12.4. The molecule has 104 valence electrons. The summed E-state index contributed by atoms with van der Waals surface area (Å²) >= 11 is 0. The number of likely N-dealkylation sites (tertiary alicyclic amines) is 1. The van der Waals surface area contributed by atoms with Gasteiger partial charge in [-0.1, -0.05) is 39.8 Å². The van der Waals surface area contributed by atoms with Gasteiger partial charge in [-0.2, -0.15) is 0 Å². The summed E-state index contributed by atoms with van der Waals surface area (Å²) in [6.07, 6.45) is 2.20. The summed E-state index contributed by atoms with van der Waals surface area (Å²) < 4.78 is 0. The molecular formula is C17H25NO. The van der Waals surface area contributed by atoms with Gasteiger partial charge in [-0.25, -0.2) is 0 Å². The van der Waals surface area contributed by atoms with Crippen LogP contribution in [0.1, 0.15) is 62.4 Å². The van der Waals surface area contributed by atoms with Crippen LogP contribution in [0, 0.1) is 5.41 Å². The monoisotopic (exact) mass is 259 g/mol. The van der Waals surface area contributed by atoms with Gasteiger partial charge in [-0.15, -0.1) is 0 Å². The summed E-state index contributed by atoms with van der Waals surface area (Å²) in [7, 11) is 0. The van der Waals surface area contributed by atoms with E-state index in [0.29, 0.717) is 11.3 Å². The Morgan fingerprint density at radius 2 is 1.63 bits per heavy atom. The summed E-state index contributed by atoms with van der Waals surface area (Å²) in [5.74, 6) is 0.700. The second-order valence-corrected chi connectivity index (χ2v) is 6.73. The molecular weight excluding hydrogens is 234 g/mol. The van der Waals surface area contributed by atoms with Crippen LogP contribution in [0.15, 0.2) is 24.3 Å². The molecule has 0 N–H and O–H groups in total. The average molecular weight is 259 g/mol. The summed E-state index contributed by atoms with van der Waals surface area (Å²) in [5.41, 5.74) is 2.50. The lowest BCUT2D eigenvalue weighted by Crippen LogP contribution is -2.41. The first kappa shape index (κ1) is 14.1. The van der Waals surface area contributed by atoms with E-state index in [1.165, 1.54) is 5.56 Å². The predicted molar refractivity (Wildman–Crippen MR) is 79.4 cm³/mol. The summed E-state index contributed by atoms with van der Waals surface area (Å²) in [6.45, 7) is 10.7. The molecule has 0 unspecified atom stereocenters. The summed E-state index contributed by atoms with van der Waals surface area (Å²) in [6, 6.07) is 8.09. The average Bonchev–Trinajstić information content (AvgIpc) is 2.38. The number of carbonyl (C=O) groups excluding carboxylic acids is 1. The molecule has 2 rings (SSSR count). The minimum absolute atomic E-state index is 0.186. The van der Waals surface area contributed by atoms with E-state index in [0.717, 1.165) is 31.5 Å². The highest BCUT2D eigenvalue weighted by Crippen LogP contribution is 2.30. The maximum Gasteiger partial charge on any atom is 0.253 e. The zero-order chi connectivity index (χ0) is 14.0. The van der Waals surface area contributed by atoms with Crippen molar-refractivity contribution in [3.8, 4) is 0 Å². The molecule has 2 nitrogen and oxygen atoms in total. The van der Waals surface area contributed by atoms with E-state index in [9.17, 15) is 4.79 Å². The number of piperidine rings is 1. The van der Waals surface area contributed by atoms with Crippen molar-refractivity contribution in [2.24, 2.45) is 5.41 Å². The first-order chi connectivity index (χ1) is 8.89. The van der Waals surface area contributed by atoms with Gasteiger partial charge in [0.15, 0.2) is 0 Å². The first-order valence-corrected chi connectivity index (χ1v) is 7.28. The smallest absolute Gasteiger partial charge is 0.253 e. The second-order valence-electron chi connectivity index (χ2n) is 6.73. The standard InChI is InChI=1S/C17H25NO/c1-13(2)14-5-7-15(8-6-14)16(19)18-11-9-17(3,4)10-12-18/h5-8,13H,9-12H2,1-4H3. The molecule has 1 aromatic rings. The van der Waals surface area contributed by atoms with Crippen molar-refractivity contribution < 1.29 is 4.79 Å². The van der Waals surface area contributed by atoms with Crippen molar-refractivity contribution in [1.82, 2.24) is 4.90 Å². The molecule has 1 amide bonds. The van der Waals surface area contributed by atoms with Crippen LogP contribution < -0.4 is 0 Å². The van der Waals surface area contributed by atoms with Gasteiger partial charge < -0.3 is 4.90 Å². The molecule has 0 atom stereocenters. The van der Waals surface area contributed by atoms with Crippen LogP contribution in [-0.4, -0.2) is 23.9 Å². The molecule has 1 aliphatic rings. The lowest BCUT2D eigenvalue weighted by atomic mass is 9.82. The van der Waals surface area contributed by atoms with Gasteiger partial charge in [0.2, 0.25) is 0 Å². The molecule has 1 fully saturated rings. The maximum atomic E-state index is 12.4. The van der Waals surface area contributed by atoms with E-state index >= 15 is 0 Å². The van der Waals surface area contributed by atoms with Crippen molar-refractivity contribution in [3.05, 3.63) is 35.4 Å². The van der Waals surface area contributed by atoms with Gasteiger partial charge in [0, 0.05) is 18.7 Å². The molecule has 1 aliphatic heterocycles. The minimum Gasteiger partial charge on any atom is -0.339 e. The Labute approximate surface area is 116 Å². The van der Waals surface area contributed by atoms with Crippen molar-refractivity contribution in [3.63, 3.8) is 0 Å². The zero-order valence-electron chi connectivity index (χ0n) is 12.6. The Hall–Kier alpha value is -1.31. The second kappa shape index (κ2) is 5.36. The Bertz CT molecular complexity index is 435. The normalized spacial score (nSPS) is 18.7. The van der Waals surface area contributed by atoms with Crippen LogP contribution >= 0.6 is 0 Å². The first-order valence-electron chi connectivity index (χ1n) is 7.28. The fourth-order valence-corrected chi connectivity index (χ4v) is 2.51. The summed E-state index contributed by atoms with van der Waals surface area (Å²) in [5, 5.41) is 0. The number of hydrogen-bond acceptors (Lipinski definition) is 1. The van der Waals surface area contributed by atoms with E-state index in [1.807, 2.05) is 17.0 Å². The Kier molecular flexibility index (Phi) is 3.98. The molecule has 0 saturated carbocycles. The Morgan fingerprint density at radius 3 is 2.11 bits per heavy atom. The SMILES string of the molecule is CC(C)c1ccc(C(=O)N2CCC(C)(C)CC2)cc1. The molecule has 0 aliphatic carbocycles. The lowest BCUT2D eigenvalue weighted by Gasteiger charge is -2.37. The highest BCUT2D eigenvalue weighted by atomic mass is 16.2. The van der Waals surface area contributed by atoms with Crippen LogP contribution in [-0.2, 0) is 0 Å². The quantitative estimate of drug-likeness (QED) is 0.784. The molecule has 1 aromatic carbocycles. The topological polar surface area (TPSA) is 20.3 Å². The third kappa shape index (κ3) is 3.37. The van der Waals surface area contributed by atoms with Crippen molar-refractivity contribution in [2.45, 2.75) is 46.5 Å².